The van der Waals surface area contributed by atoms with E-state index in [1.54, 1.807) is 0 Å². The van der Waals surface area contributed by atoms with E-state index in [2.05, 4.69) is 216 Å². The molecule has 0 atom stereocenters. The maximum Gasteiger partial charge on any atom is 0.0541 e. The Morgan fingerprint density at radius 1 is 0.364 bits per heavy atom. The number of fused-ring (bicyclic) bond motifs is 7. The Bertz CT molecular complexity index is 3170. The Labute approximate surface area is 323 Å². The fraction of sp³-hybridized carbons (Fsp3) is 0. The molecule has 0 unspecified atom stereocenters. The van der Waals surface area contributed by atoms with Gasteiger partial charge in [-0.3, -0.25) is 0 Å². The van der Waals surface area contributed by atoms with E-state index < -0.39 is 0 Å². The molecule has 9 aromatic carbocycles. The van der Waals surface area contributed by atoms with Gasteiger partial charge in [-0.05, 0) is 82.6 Å². The van der Waals surface area contributed by atoms with Gasteiger partial charge in [0.05, 0.1) is 22.4 Å². The molecule has 0 aliphatic carbocycles. The standard InChI is InChI=1S/C52H34N2S/c1-2-16-35(17-3-1)40-20-6-11-25-47(40)53(37-30-31-52-46(33-37)44-24-10-15-29-51(44)55-52)50-28-14-9-23-43(50)45-34-38(32-36-18-4-5-19-39(36)45)54-48-26-12-7-21-41(48)42-22-8-13-27-49(42)54/h1-34H. The van der Waals surface area contributed by atoms with Gasteiger partial charge in [0.25, 0.3) is 0 Å². The van der Waals surface area contributed by atoms with Crippen LogP contribution in [0.5, 0.6) is 0 Å². The highest BCUT2D eigenvalue weighted by atomic mass is 32.1. The van der Waals surface area contributed by atoms with E-state index in [1.807, 2.05) is 11.3 Å². The first-order valence-corrected chi connectivity index (χ1v) is 19.6. The molecule has 55 heavy (non-hydrogen) atoms. The second-order valence-electron chi connectivity index (χ2n) is 14.1. The van der Waals surface area contributed by atoms with Gasteiger partial charge in [-0.1, -0.05) is 146 Å². The van der Waals surface area contributed by atoms with Crippen LogP contribution in [0.3, 0.4) is 0 Å². The van der Waals surface area contributed by atoms with Gasteiger partial charge >= 0.3 is 0 Å². The number of para-hydroxylation sites is 4. The van der Waals surface area contributed by atoms with Crippen molar-refractivity contribution in [3.8, 4) is 27.9 Å². The molecule has 0 saturated heterocycles. The van der Waals surface area contributed by atoms with Crippen molar-refractivity contribution in [3.63, 3.8) is 0 Å². The van der Waals surface area contributed by atoms with E-state index in [-0.39, 0.29) is 0 Å². The van der Waals surface area contributed by atoms with Gasteiger partial charge < -0.3 is 9.47 Å². The predicted octanol–water partition coefficient (Wildman–Crippen LogP) is 15.1. The van der Waals surface area contributed by atoms with Crippen molar-refractivity contribution >= 4 is 81.1 Å². The third-order valence-electron chi connectivity index (χ3n) is 11.0. The van der Waals surface area contributed by atoms with Crippen LogP contribution in [0, 0.1) is 0 Å². The Kier molecular flexibility index (Phi) is 7.39. The van der Waals surface area contributed by atoms with Crippen LogP contribution in [0.4, 0.5) is 17.1 Å². The molecule has 2 heterocycles. The summed E-state index contributed by atoms with van der Waals surface area (Å²) in [5.74, 6) is 0. The molecular weight excluding hydrogens is 685 g/mol. The minimum absolute atomic E-state index is 1.12. The second-order valence-corrected chi connectivity index (χ2v) is 15.2. The van der Waals surface area contributed by atoms with Gasteiger partial charge in [0, 0.05) is 53.4 Å². The summed E-state index contributed by atoms with van der Waals surface area (Å²) in [6, 6.07) is 75.3. The molecule has 3 heteroatoms. The number of hydrogen-bond donors (Lipinski definition) is 0. The highest BCUT2D eigenvalue weighted by molar-refractivity contribution is 7.25. The molecule has 2 aromatic heterocycles. The smallest absolute Gasteiger partial charge is 0.0541 e. The van der Waals surface area contributed by atoms with Crippen molar-refractivity contribution < 1.29 is 0 Å². The van der Waals surface area contributed by atoms with E-state index >= 15 is 0 Å². The molecule has 0 fully saturated rings. The van der Waals surface area contributed by atoms with Crippen molar-refractivity contribution in [2.75, 3.05) is 4.90 Å². The molecule has 0 spiro atoms. The summed E-state index contributed by atoms with van der Waals surface area (Å²) in [6.07, 6.45) is 0. The molecule has 0 bridgehead atoms. The maximum absolute atomic E-state index is 2.48. The normalized spacial score (nSPS) is 11.6. The first-order chi connectivity index (χ1) is 27.3. The topological polar surface area (TPSA) is 8.17 Å². The highest BCUT2D eigenvalue weighted by Gasteiger charge is 2.23. The summed E-state index contributed by atoms with van der Waals surface area (Å²) in [5, 5.41) is 7.50. The van der Waals surface area contributed by atoms with Crippen molar-refractivity contribution in [2.24, 2.45) is 0 Å². The summed E-state index contributed by atoms with van der Waals surface area (Å²) in [7, 11) is 0. The minimum Gasteiger partial charge on any atom is -0.309 e. The summed E-state index contributed by atoms with van der Waals surface area (Å²) in [4.78, 5) is 2.48. The number of rotatable bonds is 6. The number of benzene rings is 9. The van der Waals surface area contributed by atoms with Crippen LogP contribution in [0.1, 0.15) is 0 Å². The second kappa shape index (κ2) is 12.9. The molecule has 0 radical (unpaired) electrons. The monoisotopic (exact) mass is 718 g/mol. The van der Waals surface area contributed by atoms with Crippen LogP contribution in [0.15, 0.2) is 206 Å². The fourth-order valence-corrected chi connectivity index (χ4v) is 9.62. The molecule has 258 valence electrons. The number of hydrogen-bond acceptors (Lipinski definition) is 2. The van der Waals surface area contributed by atoms with Crippen molar-refractivity contribution in [1.29, 1.82) is 0 Å². The van der Waals surface area contributed by atoms with Crippen molar-refractivity contribution in [3.05, 3.63) is 206 Å². The molecule has 0 aliphatic heterocycles. The molecule has 0 saturated carbocycles. The van der Waals surface area contributed by atoms with E-state index in [0.29, 0.717) is 0 Å². The van der Waals surface area contributed by atoms with Gasteiger partial charge in [0.15, 0.2) is 0 Å². The zero-order valence-electron chi connectivity index (χ0n) is 29.9. The van der Waals surface area contributed by atoms with Gasteiger partial charge in [-0.15, -0.1) is 11.3 Å². The first kappa shape index (κ1) is 31.6. The zero-order chi connectivity index (χ0) is 36.3. The van der Waals surface area contributed by atoms with Crippen LogP contribution in [0.25, 0.3) is 80.7 Å². The average Bonchev–Trinajstić information content (AvgIpc) is 3.80. The van der Waals surface area contributed by atoms with Crippen molar-refractivity contribution in [1.82, 2.24) is 4.57 Å². The van der Waals surface area contributed by atoms with E-state index in [9.17, 15) is 0 Å². The van der Waals surface area contributed by atoms with Crippen LogP contribution >= 0.6 is 11.3 Å². The minimum atomic E-state index is 1.12. The molecule has 11 aromatic rings. The van der Waals surface area contributed by atoms with Crippen molar-refractivity contribution in [2.45, 2.75) is 0 Å². The van der Waals surface area contributed by atoms with Gasteiger partial charge in [-0.25, -0.2) is 0 Å². The largest absolute Gasteiger partial charge is 0.309 e. The van der Waals surface area contributed by atoms with E-state index in [4.69, 9.17) is 0 Å². The van der Waals surface area contributed by atoms with E-state index in [0.717, 1.165) is 22.7 Å². The number of aromatic nitrogens is 1. The highest BCUT2D eigenvalue weighted by Crippen LogP contribution is 2.48. The van der Waals surface area contributed by atoms with Crippen LogP contribution in [0.2, 0.25) is 0 Å². The summed E-state index contributed by atoms with van der Waals surface area (Å²) in [6.45, 7) is 0. The fourth-order valence-electron chi connectivity index (χ4n) is 8.54. The average molecular weight is 719 g/mol. The SMILES string of the molecule is c1ccc(-c2ccccc2N(c2ccc3sc4ccccc4c3c2)c2ccccc2-c2cc(-n3c4ccccc4c4ccccc43)cc3ccccc23)cc1. The van der Waals surface area contributed by atoms with Crippen LogP contribution in [-0.4, -0.2) is 4.57 Å². The number of nitrogens with zero attached hydrogens (tertiary/aromatic N) is 2. The van der Waals surface area contributed by atoms with Crippen LogP contribution in [-0.2, 0) is 0 Å². The predicted molar refractivity (Wildman–Crippen MR) is 237 cm³/mol. The Morgan fingerprint density at radius 2 is 0.927 bits per heavy atom. The van der Waals surface area contributed by atoms with Gasteiger partial charge in [-0.2, -0.15) is 0 Å². The number of anilines is 3. The lowest BCUT2D eigenvalue weighted by atomic mass is 9.94. The molecular formula is C52H34N2S. The Balaban J connectivity index is 1.20. The molecule has 11 rings (SSSR count). The Morgan fingerprint density at radius 3 is 1.69 bits per heavy atom. The van der Waals surface area contributed by atoms with Crippen LogP contribution < -0.4 is 4.90 Å². The van der Waals surface area contributed by atoms with E-state index in [1.165, 1.54) is 75.0 Å². The first-order valence-electron chi connectivity index (χ1n) is 18.8. The molecule has 0 N–H and O–H groups in total. The molecule has 0 amide bonds. The lowest BCUT2D eigenvalue weighted by Crippen LogP contribution is -2.12. The third kappa shape index (κ3) is 5.16. The maximum atomic E-state index is 2.48. The third-order valence-corrected chi connectivity index (χ3v) is 12.1. The van der Waals surface area contributed by atoms with Gasteiger partial charge in [0.2, 0.25) is 0 Å². The summed E-state index contributed by atoms with van der Waals surface area (Å²) < 4.78 is 5.03. The summed E-state index contributed by atoms with van der Waals surface area (Å²) in [5.41, 5.74) is 11.6. The quantitative estimate of drug-likeness (QED) is 0.166. The zero-order valence-corrected chi connectivity index (χ0v) is 30.7. The Hall–Kier alpha value is -6.94. The van der Waals surface area contributed by atoms with Gasteiger partial charge in [0.1, 0.15) is 0 Å². The lowest BCUT2D eigenvalue weighted by molar-refractivity contribution is 1.19. The lowest BCUT2D eigenvalue weighted by Gasteiger charge is -2.30. The number of thiophene rings is 1. The molecule has 2 nitrogen and oxygen atoms in total. The summed E-state index contributed by atoms with van der Waals surface area (Å²) >= 11 is 1.86. The molecule has 0 aliphatic rings.